The van der Waals surface area contributed by atoms with Crippen LogP contribution >= 0.6 is 0 Å². The molecule has 3 rings (SSSR count). The molecule has 2 aromatic rings. The van der Waals surface area contributed by atoms with Gasteiger partial charge in [-0.1, -0.05) is 70.2 Å². The maximum atomic E-state index is 13.7. The van der Waals surface area contributed by atoms with E-state index < -0.39 is 17.6 Å². The zero-order valence-electron chi connectivity index (χ0n) is 26.7. The molecular formula is C34H51N5O4. The number of nitrogens with zero attached hydrogens (tertiary/aromatic N) is 1. The minimum atomic E-state index is -1.02. The Bertz CT molecular complexity index is 1260. The minimum absolute atomic E-state index is 0.0363. The van der Waals surface area contributed by atoms with E-state index in [4.69, 9.17) is 5.73 Å². The summed E-state index contributed by atoms with van der Waals surface area (Å²) in [6, 6.07) is 12.5. The van der Waals surface area contributed by atoms with Crippen LogP contribution < -0.4 is 21.7 Å². The first kappa shape index (κ1) is 34.0. The monoisotopic (exact) mass is 593 g/mol. The fourth-order valence-electron chi connectivity index (χ4n) is 5.76. The van der Waals surface area contributed by atoms with Gasteiger partial charge in [0.25, 0.3) is 0 Å². The van der Waals surface area contributed by atoms with E-state index >= 15 is 0 Å². The van der Waals surface area contributed by atoms with Gasteiger partial charge < -0.3 is 26.6 Å². The summed E-state index contributed by atoms with van der Waals surface area (Å²) < 4.78 is 0. The number of fused-ring (bicyclic) bond motifs is 1. The smallest absolute Gasteiger partial charge is 0.243 e. The van der Waals surface area contributed by atoms with Gasteiger partial charge in [-0.25, -0.2) is 0 Å². The molecule has 43 heavy (non-hydrogen) atoms. The van der Waals surface area contributed by atoms with Crippen molar-refractivity contribution in [3.05, 3.63) is 48.0 Å². The highest BCUT2D eigenvalue weighted by Crippen LogP contribution is 2.27. The third-order valence-corrected chi connectivity index (χ3v) is 7.88. The number of likely N-dealkylation sites (tertiary alicyclic amines) is 1. The van der Waals surface area contributed by atoms with E-state index in [1.165, 1.54) is 0 Å². The minimum Gasteiger partial charge on any atom is -0.353 e. The van der Waals surface area contributed by atoms with Crippen molar-refractivity contribution in [3.8, 4) is 0 Å². The van der Waals surface area contributed by atoms with E-state index in [1.807, 2.05) is 42.5 Å². The van der Waals surface area contributed by atoms with Gasteiger partial charge in [-0.05, 0) is 67.7 Å². The molecule has 0 spiro atoms. The van der Waals surface area contributed by atoms with Crippen LogP contribution in [0.25, 0.3) is 10.8 Å². The average Bonchev–Trinajstić information content (AvgIpc) is 3.43. The Kier molecular flexibility index (Phi) is 12.1. The highest BCUT2D eigenvalue weighted by atomic mass is 16.2. The number of carbonyl (C=O) groups is 4. The molecule has 0 aliphatic carbocycles. The van der Waals surface area contributed by atoms with Gasteiger partial charge in [0.15, 0.2) is 0 Å². The number of amides is 4. The molecule has 4 amide bonds. The van der Waals surface area contributed by atoms with Gasteiger partial charge in [-0.3, -0.25) is 19.2 Å². The Morgan fingerprint density at radius 3 is 2.19 bits per heavy atom. The topological polar surface area (TPSA) is 134 Å². The largest absolute Gasteiger partial charge is 0.353 e. The number of rotatable bonds is 14. The van der Waals surface area contributed by atoms with Crippen molar-refractivity contribution in [2.45, 2.75) is 91.3 Å². The standard InChI is InChI=1S/C34H51N5O4/c1-22(2)18-27(19-23(3)4)32(42)39-17-9-12-29(39)31(41)38-28(30(40)36-15-16-37-33(43)34(5,6)35)21-24-13-14-25-10-7-8-11-26(25)20-24/h7-8,10-11,13-14,20,22-23,27-29H,9,12,15-19,21,35H2,1-6H3,(H,36,40)(H,37,43)(H,38,41)/t28-,29?/m1/s1. The molecule has 1 fully saturated rings. The predicted octanol–water partition coefficient (Wildman–Crippen LogP) is 3.54. The summed E-state index contributed by atoms with van der Waals surface area (Å²) in [5, 5.41) is 10.7. The molecule has 1 saturated heterocycles. The quantitative estimate of drug-likeness (QED) is 0.249. The first-order valence-electron chi connectivity index (χ1n) is 15.7. The molecule has 0 radical (unpaired) electrons. The summed E-state index contributed by atoms with van der Waals surface area (Å²) >= 11 is 0. The number of carbonyl (C=O) groups excluding carboxylic acids is 4. The van der Waals surface area contributed by atoms with Gasteiger partial charge in [-0.15, -0.1) is 0 Å². The van der Waals surface area contributed by atoms with E-state index in [1.54, 1.807) is 18.7 Å². The summed E-state index contributed by atoms with van der Waals surface area (Å²) in [5.41, 5.74) is 5.72. The Labute approximate surface area is 256 Å². The van der Waals surface area contributed by atoms with E-state index in [0.717, 1.165) is 35.6 Å². The zero-order chi connectivity index (χ0) is 31.7. The Morgan fingerprint density at radius 1 is 0.930 bits per heavy atom. The SMILES string of the molecule is CC(C)CC(CC(C)C)C(=O)N1CCCC1C(=O)N[C@H](Cc1ccc2ccccc2c1)C(=O)NCCNC(=O)C(C)(C)N. The molecule has 2 atom stereocenters. The number of nitrogens with one attached hydrogen (secondary N) is 3. The van der Waals surface area contributed by atoms with Crippen LogP contribution in [0.5, 0.6) is 0 Å². The van der Waals surface area contributed by atoms with Crippen molar-refractivity contribution in [2.24, 2.45) is 23.5 Å². The van der Waals surface area contributed by atoms with E-state index in [0.29, 0.717) is 24.8 Å². The van der Waals surface area contributed by atoms with Crippen LogP contribution in [0.3, 0.4) is 0 Å². The maximum absolute atomic E-state index is 13.7. The van der Waals surface area contributed by atoms with Gasteiger partial charge in [0.05, 0.1) is 5.54 Å². The van der Waals surface area contributed by atoms with Gasteiger partial charge in [0.1, 0.15) is 12.1 Å². The first-order valence-corrected chi connectivity index (χ1v) is 15.7. The lowest BCUT2D eigenvalue weighted by Crippen LogP contribution is -2.55. The van der Waals surface area contributed by atoms with Crippen LogP contribution in [0, 0.1) is 17.8 Å². The van der Waals surface area contributed by atoms with E-state index in [9.17, 15) is 19.2 Å². The fraction of sp³-hybridized carbons (Fsp3) is 0.588. The Morgan fingerprint density at radius 2 is 1.56 bits per heavy atom. The van der Waals surface area contributed by atoms with Crippen LogP contribution in [-0.4, -0.2) is 65.8 Å². The first-order chi connectivity index (χ1) is 20.3. The third-order valence-electron chi connectivity index (χ3n) is 7.88. The van der Waals surface area contributed by atoms with Crippen LogP contribution in [0.15, 0.2) is 42.5 Å². The van der Waals surface area contributed by atoms with Gasteiger partial charge >= 0.3 is 0 Å². The normalized spacial score (nSPS) is 16.1. The highest BCUT2D eigenvalue weighted by Gasteiger charge is 2.38. The predicted molar refractivity (Wildman–Crippen MR) is 171 cm³/mol. The molecule has 5 N–H and O–H groups in total. The molecule has 1 heterocycles. The summed E-state index contributed by atoms with van der Waals surface area (Å²) in [6.45, 7) is 12.6. The van der Waals surface area contributed by atoms with Gasteiger partial charge in [0.2, 0.25) is 23.6 Å². The molecule has 2 aromatic carbocycles. The van der Waals surface area contributed by atoms with Crippen molar-refractivity contribution in [2.75, 3.05) is 19.6 Å². The second kappa shape index (κ2) is 15.3. The molecule has 0 aromatic heterocycles. The van der Waals surface area contributed by atoms with Crippen LogP contribution in [0.2, 0.25) is 0 Å². The van der Waals surface area contributed by atoms with Crippen molar-refractivity contribution in [1.82, 2.24) is 20.9 Å². The molecule has 0 saturated carbocycles. The Hall–Kier alpha value is -3.46. The Balaban J connectivity index is 1.75. The average molecular weight is 594 g/mol. The second-order valence-corrected chi connectivity index (χ2v) is 13.4. The van der Waals surface area contributed by atoms with E-state index in [2.05, 4.69) is 43.6 Å². The molecule has 0 bridgehead atoms. The van der Waals surface area contributed by atoms with Crippen LogP contribution in [0.1, 0.15) is 72.8 Å². The summed E-state index contributed by atoms with van der Waals surface area (Å²) in [7, 11) is 0. The molecule has 1 aliphatic heterocycles. The van der Waals surface area contributed by atoms with Crippen molar-refractivity contribution < 1.29 is 19.2 Å². The molecule has 236 valence electrons. The molecule has 9 nitrogen and oxygen atoms in total. The van der Waals surface area contributed by atoms with Crippen molar-refractivity contribution in [1.29, 1.82) is 0 Å². The summed E-state index contributed by atoms with van der Waals surface area (Å²) in [4.78, 5) is 54.7. The molecular weight excluding hydrogens is 542 g/mol. The van der Waals surface area contributed by atoms with Gasteiger partial charge in [-0.2, -0.15) is 0 Å². The highest BCUT2D eigenvalue weighted by molar-refractivity contribution is 5.93. The number of nitrogens with two attached hydrogens (primary N) is 1. The van der Waals surface area contributed by atoms with Crippen molar-refractivity contribution in [3.63, 3.8) is 0 Å². The summed E-state index contributed by atoms with van der Waals surface area (Å²) in [5.74, 6) is -0.319. The fourth-order valence-corrected chi connectivity index (χ4v) is 5.76. The lowest BCUT2D eigenvalue weighted by Gasteiger charge is -2.31. The second-order valence-electron chi connectivity index (χ2n) is 13.4. The number of benzene rings is 2. The summed E-state index contributed by atoms with van der Waals surface area (Å²) in [6.07, 6.45) is 3.17. The maximum Gasteiger partial charge on any atom is 0.243 e. The van der Waals surface area contributed by atoms with Crippen molar-refractivity contribution >= 4 is 34.4 Å². The lowest BCUT2D eigenvalue weighted by molar-refractivity contribution is -0.143. The molecule has 9 heteroatoms. The molecule has 1 aliphatic rings. The van der Waals surface area contributed by atoms with Crippen LogP contribution in [0.4, 0.5) is 0 Å². The zero-order valence-corrected chi connectivity index (χ0v) is 26.7. The van der Waals surface area contributed by atoms with Crippen LogP contribution in [-0.2, 0) is 25.6 Å². The lowest BCUT2D eigenvalue weighted by atomic mass is 9.88. The van der Waals surface area contributed by atoms with Gasteiger partial charge in [0, 0.05) is 32.0 Å². The number of hydrogen-bond donors (Lipinski definition) is 4. The number of hydrogen-bond acceptors (Lipinski definition) is 5. The molecule has 1 unspecified atom stereocenters. The third kappa shape index (κ3) is 10.1. The van der Waals surface area contributed by atoms with E-state index in [-0.39, 0.29) is 49.1 Å².